The summed E-state index contributed by atoms with van der Waals surface area (Å²) in [7, 11) is 0. The van der Waals surface area contributed by atoms with Gasteiger partial charge in [0.2, 0.25) is 5.91 Å². The molecule has 1 aliphatic heterocycles. The van der Waals surface area contributed by atoms with E-state index < -0.39 is 0 Å². The highest BCUT2D eigenvalue weighted by atomic mass is 16.1. The van der Waals surface area contributed by atoms with Crippen molar-refractivity contribution < 1.29 is 4.79 Å². The molecule has 0 spiro atoms. The zero-order valence-electron chi connectivity index (χ0n) is 10.5. The number of piperidine rings is 1. The lowest BCUT2D eigenvalue weighted by molar-refractivity contribution is -0.126. The van der Waals surface area contributed by atoms with Crippen LogP contribution in [0.2, 0.25) is 0 Å². The molecular formula is C13H24N2O. The van der Waals surface area contributed by atoms with Crippen LogP contribution in [-0.4, -0.2) is 25.0 Å². The molecule has 2 rings (SSSR count). The fourth-order valence-electron chi connectivity index (χ4n) is 2.61. The Morgan fingerprint density at radius 3 is 2.81 bits per heavy atom. The van der Waals surface area contributed by atoms with Crippen LogP contribution in [0.3, 0.4) is 0 Å². The summed E-state index contributed by atoms with van der Waals surface area (Å²) in [6.45, 7) is 6.27. The zero-order valence-corrected chi connectivity index (χ0v) is 10.5. The number of nitrogens with one attached hydrogen (secondary N) is 2. The van der Waals surface area contributed by atoms with Gasteiger partial charge >= 0.3 is 0 Å². The molecule has 3 nitrogen and oxygen atoms in total. The first-order chi connectivity index (χ1) is 7.66. The van der Waals surface area contributed by atoms with Gasteiger partial charge in [0.05, 0.1) is 0 Å². The second-order valence-corrected chi connectivity index (χ2v) is 5.64. The molecule has 2 aliphatic rings. The van der Waals surface area contributed by atoms with Crippen molar-refractivity contribution in [3.8, 4) is 0 Å². The molecule has 0 aromatic heterocycles. The lowest BCUT2D eigenvalue weighted by Crippen LogP contribution is -2.43. The molecule has 1 saturated carbocycles. The van der Waals surface area contributed by atoms with Gasteiger partial charge in [-0.05, 0) is 51.0 Å². The summed E-state index contributed by atoms with van der Waals surface area (Å²) in [5.41, 5.74) is 0. The maximum Gasteiger partial charge on any atom is 0.223 e. The highest BCUT2D eigenvalue weighted by Gasteiger charge is 2.29. The van der Waals surface area contributed by atoms with Gasteiger partial charge in [-0.1, -0.05) is 6.92 Å². The molecule has 3 atom stereocenters. The number of carbonyl (C=O) groups excluding carboxylic acids is 1. The van der Waals surface area contributed by atoms with Crippen molar-refractivity contribution in [3.05, 3.63) is 0 Å². The first kappa shape index (κ1) is 11.9. The van der Waals surface area contributed by atoms with E-state index in [2.05, 4.69) is 24.5 Å². The van der Waals surface area contributed by atoms with Gasteiger partial charge in [0, 0.05) is 18.5 Å². The van der Waals surface area contributed by atoms with Crippen LogP contribution in [0, 0.1) is 17.8 Å². The van der Waals surface area contributed by atoms with Crippen LogP contribution in [0.5, 0.6) is 0 Å². The van der Waals surface area contributed by atoms with Crippen LogP contribution in [0.15, 0.2) is 0 Å². The van der Waals surface area contributed by atoms with Gasteiger partial charge in [-0.2, -0.15) is 0 Å². The van der Waals surface area contributed by atoms with Gasteiger partial charge in [0.25, 0.3) is 0 Å². The zero-order chi connectivity index (χ0) is 11.5. The predicted octanol–water partition coefficient (Wildman–Crippen LogP) is 1.54. The Morgan fingerprint density at radius 1 is 1.44 bits per heavy atom. The molecule has 2 N–H and O–H groups in total. The van der Waals surface area contributed by atoms with E-state index in [0.29, 0.717) is 12.0 Å². The quantitative estimate of drug-likeness (QED) is 0.760. The Bertz CT molecular complexity index is 250. The minimum Gasteiger partial charge on any atom is -0.356 e. The van der Waals surface area contributed by atoms with Crippen molar-refractivity contribution in [2.45, 2.75) is 45.6 Å². The molecule has 92 valence electrons. The van der Waals surface area contributed by atoms with Crippen LogP contribution in [0.4, 0.5) is 0 Å². The van der Waals surface area contributed by atoms with Gasteiger partial charge in [0.1, 0.15) is 0 Å². The second-order valence-electron chi connectivity index (χ2n) is 5.64. The maximum atomic E-state index is 12.0. The van der Waals surface area contributed by atoms with Crippen molar-refractivity contribution in [2.75, 3.05) is 13.1 Å². The molecule has 1 saturated heterocycles. The SMILES string of the molecule is CC1CC(C(=O)NCC(C)C2CC2)CCN1. The Morgan fingerprint density at radius 2 is 2.19 bits per heavy atom. The Balaban J connectivity index is 1.69. The Kier molecular flexibility index (Phi) is 3.85. The predicted molar refractivity (Wildman–Crippen MR) is 65.1 cm³/mol. The molecule has 0 radical (unpaired) electrons. The fraction of sp³-hybridized carbons (Fsp3) is 0.923. The van der Waals surface area contributed by atoms with Crippen LogP contribution in [0.1, 0.15) is 39.5 Å². The third-order valence-electron chi connectivity index (χ3n) is 4.02. The molecule has 1 amide bonds. The smallest absolute Gasteiger partial charge is 0.223 e. The van der Waals surface area contributed by atoms with E-state index >= 15 is 0 Å². The van der Waals surface area contributed by atoms with E-state index in [9.17, 15) is 4.79 Å². The average molecular weight is 224 g/mol. The molecule has 1 aliphatic carbocycles. The highest BCUT2D eigenvalue weighted by Crippen LogP contribution is 2.36. The lowest BCUT2D eigenvalue weighted by atomic mass is 9.92. The van der Waals surface area contributed by atoms with Crippen LogP contribution >= 0.6 is 0 Å². The third-order valence-corrected chi connectivity index (χ3v) is 4.02. The molecule has 0 aromatic rings. The Labute approximate surface area is 98.4 Å². The molecular weight excluding hydrogens is 200 g/mol. The standard InChI is InChI=1S/C13H24N2O/c1-9(11-3-4-11)8-15-13(16)12-5-6-14-10(2)7-12/h9-12,14H,3-8H2,1-2H3,(H,15,16). The summed E-state index contributed by atoms with van der Waals surface area (Å²) in [5, 5.41) is 6.51. The fourth-order valence-corrected chi connectivity index (χ4v) is 2.61. The number of hydrogen-bond acceptors (Lipinski definition) is 2. The number of rotatable bonds is 4. The molecule has 3 unspecified atom stereocenters. The van der Waals surface area contributed by atoms with Gasteiger partial charge in [-0.15, -0.1) is 0 Å². The van der Waals surface area contributed by atoms with E-state index in [1.54, 1.807) is 0 Å². The molecule has 1 heterocycles. The maximum absolute atomic E-state index is 12.0. The molecule has 3 heteroatoms. The normalized spacial score (nSPS) is 32.1. The van der Waals surface area contributed by atoms with Gasteiger partial charge in [-0.3, -0.25) is 4.79 Å². The first-order valence-electron chi connectivity index (χ1n) is 6.68. The molecule has 16 heavy (non-hydrogen) atoms. The monoisotopic (exact) mass is 224 g/mol. The molecule has 2 fully saturated rings. The van der Waals surface area contributed by atoms with Gasteiger partial charge in [0.15, 0.2) is 0 Å². The number of carbonyl (C=O) groups is 1. The van der Waals surface area contributed by atoms with E-state index in [1.165, 1.54) is 12.8 Å². The minimum absolute atomic E-state index is 0.239. The minimum atomic E-state index is 0.239. The van der Waals surface area contributed by atoms with Crippen molar-refractivity contribution >= 4 is 5.91 Å². The summed E-state index contributed by atoms with van der Waals surface area (Å²) in [6, 6.07) is 0.491. The summed E-state index contributed by atoms with van der Waals surface area (Å²) < 4.78 is 0. The van der Waals surface area contributed by atoms with Gasteiger partial charge < -0.3 is 10.6 Å². The van der Waals surface area contributed by atoms with Gasteiger partial charge in [-0.25, -0.2) is 0 Å². The second kappa shape index (κ2) is 5.17. The summed E-state index contributed by atoms with van der Waals surface area (Å²) in [6.07, 6.45) is 4.71. The van der Waals surface area contributed by atoms with Crippen LogP contribution < -0.4 is 10.6 Å². The van der Waals surface area contributed by atoms with E-state index in [1.807, 2.05) is 0 Å². The first-order valence-corrected chi connectivity index (χ1v) is 6.68. The van der Waals surface area contributed by atoms with E-state index in [0.717, 1.165) is 31.8 Å². The summed E-state index contributed by atoms with van der Waals surface area (Å²) >= 11 is 0. The van der Waals surface area contributed by atoms with Crippen molar-refractivity contribution in [1.82, 2.24) is 10.6 Å². The lowest BCUT2D eigenvalue weighted by Gasteiger charge is -2.27. The molecule has 0 bridgehead atoms. The Hall–Kier alpha value is -0.570. The van der Waals surface area contributed by atoms with Crippen LogP contribution in [0.25, 0.3) is 0 Å². The van der Waals surface area contributed by atoms with E-state index in [-0.39, 0.29) is 11.8 Å². The molecule has 0 aromatic carbocycles. The van der Waals surface area contributed by atoms with Crippen molar-refractivity contribution in [3.63, 3.8) is 0 Å². The topological polar surface area (TPSA) is 41.1 Å². The van der Waals surface area contributed by atoms with Crippen LogP contribution in [-0.2, 0) is 4.79 Å². The summed E-state index contributed by atoms with van der Waals surface area (Å²) in [5.74, 6) is 2.07. The number of hydrogen-bond donors (Lipinski definition) is 2. The number of amides is 1. The van der Waals surface area contributed by atoms with E-state index in [4.69, 9.17) is 0 Å². The highest BCUT2D eigenvalue weighted by molar-refractivity contribution is 5.78. The summed E-state index contributed by atoms with van der Waals surface area (Å²) in [4.78, 5) is 12.0. The third kappa shape index (κ3) is 3.21. The van der Waals surface area contributed by atoms with Crippen molar-refractivity contribution in [1.29, 1.82) is 0 Å². The largest absolute Gasteiger partial charge is 0.356 e. The average Bonchev–Trinajstić information content (AvgIpc) is 3.09. The van der Waals surface area contributed by atoms with Crippen molar-refractivity contribution in [2.24, 2.45) is 17.8 Å².